The Hall–Kier alpha value is -2.97. The Kier molecular flexibility index (Phi) is 13.7. The summed E-state index contributed by atoms with van der Waals surface area (Å²) in [6, 6.07) is 0.976. The predicted molar refractivity (Wildman–Crippen MR) is 137 cm³/mol. The van der Waals surface area contributed by atoms with Crippen LogP contribution in [0.2, 0.25) is 0 Å². The van der Waals surface area contributed by atoms with Crippen molar-refractivity contribution in [2.45, 2.75) is 49.9 Å². The second kappa shape index (κ2) is 15.9. The number of thiol groups is 1. The number of hydrogen-bond acceptors (Lipinski definition) is 9. The molecule has 0 heterocycles. The van der Waals surface area contributed by atoms with Crippen LogP contribution in [-0.2, 0) is 30.4 Å². The van der Waals surface area contributed by atoms with Crippen LogP contribution in [0.15, 0.2) is 24.3 Å². The number of aromatic hydroxyl groups is 1. The Balaban J connectivity index is 3.11. The van der Waals surface area contributed by atoms with Crippen molar-refractivity contribution in [1.29, 1.82) is 0 Å². The van der Waals surface area contributed by atoms with Gasteiger partial charge in [-0.05, 0) is 42.5 Å². The van der Waals surface area contributed by atoms with Crippen molar-refractivity contribution in [2.24, 2.45) is 5.73 Å². The van der Waals surface area contributed by atoms with Crippen LogP contribution in [0.5, 0.6) is 5.75 Å². The number of phenolic OH excluding ortho intramolecular Hbond substituents is 1. The zero-order valence-electron chi connectivity index (χ0n) is 19.7. The molecule has 4 atom stereocenters. The number of hydrogen-bond donors (Lipinski definition) is 8. The number of carbonyl (C=O) groups excluding carboxylic acids is 3. The summed E-state index contributed by atoms with van der Waals surface area (Å²) in [5.41, 5.74) is 6.39. The molecule has 3 amide bonds. The summed E-state index contributed by atoms with van der Waals surface area (Å²) in [6.45, 7) is 0. The van der Waals surface area contributed by atoms with E-state index in [-0.39, 0.29) is 24.3 Å². The van der Waals surface area contributed by atoms with E-state index in [0.717, 1.165) is 0 Å². The van der Waals surface area contributed by atoms with Crippen LogP contribution < -0.4 is 21.7 Å². The van der Waals surface area contributed by atoms with Gasteiger partial charge in [-0.25, -0.2) is 4.79 Å². The van der Waals surface area contributed by atoms with Gasteiger partial charge in [0.25, 0.3) is 0 Å². The highest BCUT2D eigenvalue weighted by molar-refractivity contribution is 7.98. The Bertz CT molecular complexity index is 916. The number of amides is 3. The topological polar surface area (TPSA) is 208 Å². The standard InChI is InChI=1S/C22H32N4O8S2/c1-36-9-8-14(23)19(30)24-15(6-7-18(28)29)20(31)25-16(10-12-2-4-13(27)5-3-12)21(32)26-17(11-35)22(33)34/h2-5,14-17,27,35H,6-11,23H2,1H3,(H,24,30)(H,25,31)(H,26,32)(H,28,29)(H,33,34). The van der Waals surface area contributed by atoms with E-state index in [4.69, 9.17) is 10.8 Å². The molecule has 8 N–H and O–H groups in total. The van der Waals surface area contributed by atoms with Gasteiger partial charge in [0.15, 0.2) is 0 Å². The molecule has 0 saturated carbocycles. The molecule has 12 nitrogen and oxygen atoms in total. The molecule has 0 aliphatic rings. The van der Waals surface area contributed by atoms with Crippen LogP contribution in [0.25, 0.3) is 0 Å². The van der Waals surface area contributed by atoms with E-state index in [9.17, 15) is 34.2 Å². The summed E-state index contributed by atoms with van der Waals surface area (Å²) in [4.78, 5) is 60.8. The van der Waals surface area contributed by atoms with E-state index >= 15 is 0 Å². The summed E-state index contributed by atoms with van der Waals surface area (Å²) >= 11 is 5.40. The summed E-state index contributed by atoms with van der Waals surface area (Å²) in [5.74, 6) is -4.42. The number of carboxylic acid groups (broad SMARTS) is 2. The van der Waals surface area contributed by atoms with Gasteiger partial charge in [-0.1, -0.05) is 12.1 Å². The van der Waals surface area contributed by atoms with E-state index in [0.29, 0.717) is 17.7 Å². The minimum atomic E-state index is -1.32. The van der Waals surface area contributed by atoms with Crippen LogP contribution in [0.3, 0.4) is 0 Å². The fourth-order valence-corrected chi connectivity index (χ4v) is 3.74. The van der Waals surface area contributed by atoms with Crippen molar-refractivity contribution in [3.05, 3.63) is 29.8 Å². The first-order valence-corrected chi connectivity index (χ1v) is 13.0. The quantitative estimate of drug-likeness (QED) is 0.123. The smallest absolute Gasteiger partial charge is 0.327 e. The predicted octanol–water partition coefficient (Wildman–Crippen LogP) is -0.651. The normalized spacial score (nSPS) is 14.1. The lowest BCUT2D eigenvalue weighted by Crippen LogP contribution is -2.58. The number of rotatable bonds is 16. The molecule has 1 rings (SSSR count). The van der Waals surface area contributed by atoms with Crippen molar-refractivity contribution >= 4 is 54.1 Å². The Labute approximate surface area is 218 Å². The SMILES string of the molecule is CSCCC(N)C(=O)NC(CCC(=O)O)C(=O)NC(Cc1ccc(O)cc1)C(=O)NC(CS)C(=O)O. The second-order valence-electron chi connectivity index (χ2n) is 7.90. The van der Waals surface area contributed by atoms with E-state index in [1.165, 1.54) is 36.0 Å². The van der Waals surface area contributed by atoms with Crippen molar-refractivity contribution in [2.75, 3.05) is 17.8 Å². The van der Waals surface area contributed by atoms with Crippen LogP contribution in [0, 0.1) is 0 Å². The number of nitrogens with one attached hydrogen (secondary N) is 3. The van der Waals surface area contributed by atoms with Crippen molar-refractivity contribution in [1.82, 2.24) is 16.0 Å². The highest BCUT2D eigenvalue weighted by Gasteiger charge is 2.30. The van der Waals surface area contributed by atoms with Gasteiger partial charge in [0, 0.05) is 18.6 Å². The molecule has 200 valence electrons. The average molecular weight is 545 g/mol. The molecule has 14 heteroatoms. The first kappa shape index (κ1) is 31.1. The van der Waals surface area contributed by atoms with Crippen LogP contribution >= 0.6 is 24.4 Å². The first-order chi connectivity index (χ1) is 17.0. The molecule has 0 saturated heterocycles. The zero-order chi connectivity index (χ0) is 27.3. The summed E-state index contributed by atoms with van der Waals surface area (Å²) in [6.07, 6.45) is 1.41. The number of phenols is 1. The maximum Gasteiger partial charge on any atom is 0.327 e. The Morgan fingerprint density at radius 1 is 0.917 bits per heavy atom. The average Bonchev–Trinajstić information content (AvgIpc) is 2.83. The number of benzene rings is 1. The molecule has 0 aromatic heterocycles. The highest BCUT2D eigenvalue weighted by Crippen LogP contribution is 2.12. The second-order valence-corrected chi connectivity index (χ2v) is 9.25. The van der Waals surface area contributed by atoms with Crippen molar-refractivity contribution in [3.8, 4) is 5.75 Å². The van der Waals surface area contributed by atoms with Gasteiger partial charge in [-0.3, -0.25) is 19.2 Å². The minimum Gasteiger partial charge on any atom is -0.508 e. The fourth-order valence-electron chi connectivity index (χ4n) is 3.00. The summed E-state index contributed by atoms with van der Waals surface area (Å²) in [5, 5.41) is 35.0. The van der Waals surface area contributed by atoms with Crippen molar-refractivity contribution < 1.29 is 39.3 Å². The lowest BCUT2D eigenvalue weighted by Gasteiger charge is -2.25. The largest absolute Gasteiger partial charge is 0.508 e. The third-order valence-electron chi connectivity index (χ3n) is 5.06. The lowest BCUT2D eigenvalue weighted by atomic mass is 10.0. The first-order valence-electron chi connectivity index (χ1n) is 11.0. The molecule has 1 aromatic rings. The van der Waals surface area contributed by atoms with Crippen LogP contribution in [-0.4, -0.2) is 86.9 Å². The highest BCUT2D eigenvalue weighted by atomic mass is 32.2. The third kappa shape index (κ3) is 11.2. The van der Waals surface area contributed by atoms with Gasteiger partial charge in [0.05, 0.1) is 6.04 Å². The van der Waals surface area contributed by atoms with Gasteiger partial charge in [0.1, 0.15) is 23.9 Å². The van der Waals surface area contributed by atoms with Gasteiger partial charge in [-0.15, -0.1) is 0 Å². The molecule has 0 bridgehead atoms. The molecule has 36 heavy (non-hydrogen) atoms. The number of nitrogens with two attached hydrogens (primary N) is 1. The molecule has 1 aromatic carbocycles. The van der Waals surface area contributed by atoms with E-state index in [2.05, 4.69) is 28.6 Å². The summed E-state index contributed by atoms with van der Waals surface area (Å²) < 4.78 is 0. The van der Waals surface area contributed by atoms with Gasteiger partial charge in [0.2, 0.25) is 17.7 Å². The molecule has 4 unspecified atom stereocenters. The van der Waals surface area contributed by atoms with E-state index in [1.807, 2.05) is 6.26 Å². The third-order valence-corrected chi connectivity index (χ3v) is 6.07. The molecule has 0 fully saturated rings. The fraction of sp³-hybridized carbons (Fsp3) is 0.500. The molecular formula is C22H32N4O8S2. The maximum absolute atomic E-state index is 13.1. The molecule has 0 spiro atoms. The summed E-state index contributed by atoms with van der Waals surface area (Å²) in [7, 11) is 0. The Morgan fingerprint density at radius 2 is 1.47 bits per heavy atom. The molecular weight excluding hydrogens is 512 g/mol. The number of aliphatic carboxylic acids is 2. The van der Waals surface area contributed by atoms with Gasteiger partial charge < -0.3 is 37.0 Å². The minimum absolute atomic E-state index is 0.0148. The lowest BCUT2D eigenvalue weighted by molar-refractivity contribution is -0.141. The number of carbonyl (C=O) groups is 5. The molecule has 0 radical (unpaired) electrons. The van der Waals surface area contributed by atoms with Crippen molar-refractivity contribution in [3.63, 3.8) is 0 Å². The number of thioether (sulfide) groups is 1. The monoisotopic (exact) mass is 544 g/mol. The number of carboxylic acids is 2. The van der Waals surface area contributed by atoms with Crippen LogP contribution in [0.4, 0.5) is 0 Å². The Morgan fingerprint density at radius 3 is 2.00 bits per heavy atom. The van der Waals surface area contributed by atoms with Gasteiger partial charge in [-0.2, -0.15) is 24.4 Å². The zero-order valence-corrected chi connectivity index (χ0v) is 21.4. The van der Waals surface area contributed by atoms with E-state index in [1.54, 1.807) is 0 Å². The molecule has 0 aliphatic carbocycles. The maximum atomic E-state index is 13.1. The van der Waals surface area contributed by atoms with E-state index < -0.39 is 60.2 Å². The van der Waals surface area contributed by atoms with Gasteiger partial charge >= 0.3 is 11.9 Å². The van der Waals surface area contributed by atoms with Crippen LogP contribution in [0.1, 0.15) is 24.8 Å². The molecule has 0 aliphatic heterocycles.